The van der Waals surface area contributed by atoms with Crippen molar-refractivity contribution in [1.82, 2.24) is 30.0 Å². The molecule has 2 N–H and O–H groups in total. The first-order valence-corrected chi connectivity index (χ1v) is 8.93. The van der Waals surface area contributed by atoms with E-state index in [0.717, 1.165) is 18.8 Å². The number of nitrogens with one attached hydrogen (secondary N) is 2. The van der Waals surface area contributed by atoms with Gasteiger partial charge in [0.15, 0.2) is 5.82 Å². The van der Waals surface area contributed by atoms with Crippen LogP contribution in [0.25, 0.3) is 5.82 Å². The number of furan rings is 1. The summed E-state index contributed by atoms with van der Waals surface area (Å²) < 4.78 is 7.12. The average Bonchev–Trinajstić information content (AvgIpc) is 3.45. The molecule has 1 aliphatic rings. The Morgan fingerprint density at radius 3 is 2.81 bits per heavy atom. The number of anilines is 1. The number of aromatic nitrogens is 4. The van der Waals surface area contributed by atoms with Crippen molar-refractivity contribution >= 4 is 11.7 Å². The molecule has 1 unspecified atom stereocenters. The van der Waals surface area contributed by atoms with E-state index < -0.39 is 0 Å². The van der Waals surface area contributed by atoms with Crippen LogP contribution in [0.2, 0.25) is 0 Å². The largest absolute Gasteiger partial charge is 0.468 e. The molecule has 0 radical (unpaired) electrons. The van der Waals surface area contributed by atoms with Crippen LogP contribution >= 0.6 is 0 Å². The third-order valence-corrected chi connectivity index (χ3v) is 4.57. The van der Waals surface area contributed by atoms with Gasteiger partial charge in [0.05, 0.1) is 24.2 Å². The number of nitrogens with zero attached hydrogens (tertiary/aromatic N) is 5. The van der Waals surface area contributed by atoms with Crippen LogP contribution in [0, 0.1) is 0 Å². The number of carbonyl (C=O) groups excluding carboxylic acids is 1. The molecule has 0 aliphatic carbocycles. The van der Waals surface area contributed by atoms with Crippen molar-refractivity contribution in [1.29, 1.82) is 0 Å². The molecule has 2 amide bonds. The standard InChI is InChI=1S/C18H21N7O2/c26-18(23-14-5-6-17(20-10-14)25-13-19-12-22-25)21-11-15(16-4-3-9-27-16)24-7-1-2-8-24/h3-6,9-10,12-13,15H,1-2,7-8,11H2,(H2,21,23,26). The molecule has 27 heavy (non-hydrogen) atoms. The summed E-state index contributed by atoms with van der Waals surface area (Å²) in [6.07, 6.45) is 8.61. The summed E-state index contributed by atoms with van der Waals surface area (Å²) in [4.78, 5) is 22.8. The van der Waals surface area contributed by atoms with Crippen molar-refractivity contribution in [3.05, 3.63) is 55.1 Å². The molecule has 3 aromatic rings. The van der Waals surface area contributed by atoms with Crippen molar-refractivity contribution in [3.63, 3.8) is 0 Å². The van der Waals surface area contributed by atoms with Crippen molar-refractivity contribution in [2.45, 2.75) is 18.9 Å². The zero-order valence-electron chi connectivity index (χ0n) is 14.8. The predicted molar refractivity (Wildman–Crippen MR) is 98.4 cm³/mol. The molecule has 9 heteroatoms. The van der Waals surface area contributed by atoms with E-state index in [4.69, 9.17) is 4.42 Å². The predicted octanol–water partition coefficient (Wildman–Crippen LogP) is 2.21. The number of hydrogen-bond donors (Lipinski definition) is 2. The van der Waals surface area contributed by atoms with Gasteiger partial charge in [0.25, 0.3) is 0 Å². The van der Waals surface area contributed by atoms with E-state index >= 15 is 0 Å². The Balaban J connectivity index is 1.34. The van der Waals surface area contributed by atoms with E-state index in [1.807, 2.05) is 12.1 Å². The first kappa shape index (κ1) is 17.2. The molecule has 1 atom stereocenters. The van der Waals surface area contributed by atoms with E-state index in [0.29, 0.717) is 18.1 Å². The lowest BCUT2D eigenvalue weighted by Crippen LogP contribution is -2.38. The molecule has 0 saturated carbocycles. The van der Waals surface area contributed by atoms with Gasteiger partial charge < -0.3 is 15.1 Å². The highest BCUT2D eigenvalue weighted by molar-refractivity contribution is 5.89. The van der Waals surface area contributed by atoms with Gasteiger partial charge in [-0.25, -0.2) is 19.4 Å². The van der Waals surface area contributed by atoms with Gasteiger partial charge in [0.1, 0.15) is 18.4 Å². The van der Waals surface area contributed by atoms with Gasteiger partial charge in [-0.05, 0) is 50.2 Å². The lowest BCUT2D eigenvalue weighted by molar-refractivity contribution is 0.207. The van der Waals surface area contributed by atoms with Gasteiger partial charge in [-0.3, -0.25) is 4.90 Å². The number of amides is 2. The summed E-state index contributed by atoms with van der Waals surface area (Å²) in [7, 11) is 0. The fourth-order valence-electron chi connectivity index (χ4n) is 3.23. The Labute approximate surface area is 156 Å². The van der Waals surface area contributed by atoms with Crippen molar-refractivity contribution in [2.75, 3.05) is 25.0 Å². The van der Waals surface area contributed by atoms with Crippen LogP contribution in [0.1, 0.15) is 24.6 Å². The minimum Gasteiger partial charge on any atom is -0.468 e. The molecule has 140 valence electrons. The highest BCUT2D eigenvalue weighted by Crippen LogP contribution is 2.24. The number of rotatable bonds is 6. The highest BCUT2D eigenvalue weighted by Gasteiger charge is 2.25. The molecular weight excluding hydrogens is 346 g/mol. The maximum atomic E-state index is 12.3. The molecule has 0 spiro atoms. The smallest absolute Gasteiger partial charge is 0.319 e. The zero-order chi connectivity index (χ0) is 18.5. The van der Waals surface area contributed by atoms with Crippen LogP contribution in [-0.4, -0.2) is 50.3 Å². The minimum atomic E-state index is -0.277. The van der Waals surface area contributed by atoms with Crippen LogP contribution in [0.3, 0.4) is 0 Å². The van der Waals surface area contributed by atoms with Gasteiger partial charge >= 0.3 is 6.03 Å². The molecule has 4 rings (SSSR count). The monoisotopic (exact) mass is 367 g/mol. The summed E-state index contributed by atoms with van der Waals surface area (Å²) in [6.45, 7) is 2.51. The van der Waals surface area contributed by atoms with Crippen LogP contribution < -0.4 is 10.6 Å². The van der Waals surface area contributed by atoms with Crippen molar-refractivity contribution in [2.24, 2.45) is 0 Å². The van der Waals surface area contributed by atoms with Crippen LogP contribution in [0.4, 0.5) is 10.5 Å². The molecule has 1 fully saturated rings. The molecule has 4 heterocycles. The van der Waals surface area contributed by atoms with Gasteiger partial charge in [-0.1, -0.05) is 0 Å². The Hall–Kier alpha value is -3.20. The van der Waals surface area contributed by atoms with Gasteiger partial charge in [0.2, 0.25) is 0 Å². The lowest BCUT2D eigenvalue weighted by atomic mass is 10.2. The third-order valence-electron chi connectivity index (χ3n) is 4.57. The van der Waals surface area contributed by atoms with Crippen LogP contribution in [0.5, 0.6) is 0 Å². The molecule has 1 aliphatic heterocycles. The minimum absolute atomic E-state index is 0.0427. The van der Waals surface area contributed by atoms with Crippen molar-refractivity contribution < 1.29 is 9.21 Å². The average molecular weight is 367 g/mol. The van der Waals surface area contributed by atoms with E-state index in [-0.39, 0.29) is 12.1 Å². The topological polar surface area (TPSA) is 101 Å². The van der Waals surface area contributed by atoms with Crippen molar-refractivity contribution in [3.8, 4) is 5.82 Å². The lowest BCUT2D eigenvalue weighted by Gasteiger charge is -2.26. The normalized spacial score (nSPS) is 15.6. The first-order chi connectivity index (χ1) is 13.3. The van der Waals surface area contributed by atoms with E-state index in [9.17, 15) is 4.79 Å². The summed E-state index contributed by atoms with van der Waals surface area (Å²) in [6, 6.07) is 7.13. The number of hydrogen-bond acceptors (Lipinski definition) is 6. The number of likely N-dealkylation sites (tertiary alicyclic amines) is 1. The molecule has 0 bridgehead atoms. The fourth-order valence-corrected chi connectivity index (χ4v) is 3.23. The molecule has 1 saturated heterocycles. The Morgan fingerprint density at radius 1 is 1.26 bits per heavy atom. The van der Waals surface area contributed by atoms with Gasteiger partial charge in [0, 0.05) is 6.54 Å². The molecule has 3 aromatic heterocycles. The van der Waals surface area contributed by atoms with Crippen LogP contribution in [-0.2, 0) is 0 Å². The quantitative estimate of drug-likeness (QED) is 0.693. The number of carbonyl (C=O) groups is 1. The Kier molecular flexibility index (Phi) is 5.10. The maximum absolute atomic E-state index is 12.3. The maximum Gasteiger partial charge on any atom is 0.319 e. The molecular formula is C18H21N7O2. The Bertz CT molecular complexity index is 840. The summed E-state index contributed by atoms with van der Waals surface area (Å²) in [5.41, 5.74) is 0.604. The summed E-state index contributed by atoms with van der Waals surface area (Å²) >= 11 is 0. The SMILES string of the molecule is O=C(NCC(c1ccco1)N1CCCC1)Nc1ccc(-n2cncn2)nc1. The second-order valence-corrected chi connectivity index (χ2v) is 6.35. The highest BCUT2D eigenvalue weighted by atomic mass is 16.3. The van der Waals surface area contributed by atoms with Gasteiger partial charge in [-0.15, -0.1) is 0 Å². The second kappa shape index (κ2) is 8.00. The number of urea groups is 1. The van der Waals surface area contributed by atoms with E-state index in [2.05, 4.69) is 30.6 Å². The summed E-state index contributed by atoms with van der Waals surface area (Å²) in [5, 5.41) is 9.75. The Morgan fingerprint density at radius 2 is 2.15 bits per heavy atom. The van der Waals surface area contributed by atoms with E-state index in [1.165, 1.54) is 19.2 Å². The third kappa shape index (κ3) is 4.14. The molecule has 9 nitrogen and oxygen atoms in total. The van der Waals surface area contributed by atoms with E-state index in [1.54, 1.807) is 35.6 Å². The first-order valence-electron chi connectivity index (χ1n) is 8.93. The second-order valence-electron chi connectivity index (χ2n) is 6.35. The zero-order valence-corrected chi connectivity index (χ0v) is 14.8. The summed E-state index contributed by atoms with van der Waals surface area (Å²) in [5.74, 6) is 1.50. The molecule has 0 aromatic carbocycles. The fraction of sp³-hybridized carbons (Fsp3) is 0.333. The van der Waals surface area contributed by atoms with Crippen LogP contribution in [0.15, 0.2) is 53.8 Å². The van der Waals surface area contributed by atoms with Gasteiger partial charge in [-0.2, -0.15) is 5.10 Å². The number of pyridine rings is 1.